The van der Waals surface area contributed by atoms with Crippen molar-refractivity contribution < 1.29 is 15.0 Å². The Morgan fingerprint density at radius 1 is 0.333 bits per heavy atom. The first kappa shape index (κ1) is 67.9. The Labute approximate surface area is 434 Å². The summed E-state index contributed by atoms with van der Waals surface area (Å²) in [5, 5.41) is 23.2. The van der Waals surface area contributed by atoms with Gasteiger partial charge in [-0.05, 0) is 32.1 Å². The lowest BCUT2D eigenvalue weighted by Gasteiger charge is -2.19. The Hall–Kier alpha value is -1.13. The molecule has 2 atom stereocenters. The Balaban J connectivity index is 3.45. The van der Waals surface area contributed by atoms with Crippen LogP contribution in [-0.2, 0) is 4.79 Å². The summed E-state index contributed by atoms with van der Waals surface area (Å²) in [6, 6.07) is -0.637. The van der Waals surface area contributed by atoms with E-state index in [1.54, 1.807) is 6.08 Å². The molecule has 4 nitrogen and oxygen atoms in total. The van der Waals surface area contributed by atoms with E-state index in [1.165, 1.54) is 315 Å². The zero-order chi connectivity index (χ0) is 49.9. The third-order valence-electron chi connectivity index (χ3n) is 15.2. The highest BCUT2D eigenvalue weighted by Crippen LogP contribution is 2.19. The van der Waals surface area contributed by atoms with Crippen molar-refractivity contribution in [2.24, 2.45) is 0 Å². The van der Waals surface area contributed by atoms with Crippen LogP contribution in [-0.4, -0.2) is 34.9 Å². The van der Waals surface area contributed by atoms with Crippen molar-refractivity contribution in [3.05, 3.63) is 24.3 Å². The van der Waals surface area contributed by atoms with Gasteiger partial charge in [-0.1, -0.05) is 353 Å². The predicted octanol–water partition coefficient (Wildman–Crippen LogP) is 21.4. The minimum Gasteiger partial charge on any atom is -0.394 e. The minimum atomic E-state index is -0.861. The Bertz CT molecular complexity index is 1010. The van der Waals surface area contributed by atoms with E-state index in [2.05, 4.69) is 31.3 Å². The minimum absolute atomic E-state index is 0.0649. The standard InChI is InChI=1S/C65H127NO3/c1-3-5-7-9-11-13-15-17-19-21-23-25-27-29-31-32-33-35-37-39-41-43-45-47-49-51-53-55-57-59-61-65(69)66-63(62-67)64(68)60-58-56-54-52-50-48-46-44-42-40-38-36-34-30-28-26-24-22-20-18-16-14-12-10-8-6-4-2/h50,52,58,60,63-64,67-68H,3-49,51,53-57,59,61-62H2,1-2H3,(H,66,69)/b52-50+,60-58+. The summed E-state index contributed by atoms with van der Waals surface area (Å²) in [6.07, 6.45) is 82.5. The van der Waals surface area contributed by atoms with Crippen LogP contribution in [0.2, 0.25) is 0 Å². The Morgan fingerprint density at radius 3 is 0.841 bits per heavy atom. The SMILES string of the molecule is CCCCCCCCCCCCCCCCCCCCCCC/C=C/CC/C=C/C(O)C(CO)NC(=O)CCCCCCCCCCCCCCCCCCCCCCCCCCCCCCCC. The Morgan fingerprint density at radius 2 is 0.565 bits per heavy atom. The number of hydrogen-bond acceptors (Lipinski definition) is 3. The van der Waals surface area contributed by atoms with E-state index in [4.69, 9.17) is 0 Å². The van der Waals surface area contributed by atoms with E-state index in [-0.39, 0.29) is 12.5 Å². The molecule has 0 saturated carbocycles. The number of rotatable bonds is 60. The van der Waals surface area contributed by atoms with Crippen LogP contribution in [0.5, 0.6) is 0 Å². The van der Waals surface area contributed by atoms with Gasteiger partial charge in [0.15, 0.2) is 0 Å². The molecule has 0 fully saturated rings. The first-order valence-electron chi connectivity index (χ1n) is 32.1. The van der Waals surface area contributed by atoms with E-state index in [9.17, 15) is 15.0 Å². The fraction of sp³-hybridized carbons (Fsp3) is 0.923. The van der Waals surface area contributed by atoms with Crippen molar-refractivity contribution in [2.45, 2.75) is 379 Å². The number of allylic oxidation sites excluding steroid dienone is 3. The molecule has 3 N–H and O–H groups in total. The molecule has 0 aliphatic heterocycles. The summed E-state index contributed by atoms with van der Waals surface area (Å²) in [4.78, 5) is 12.5. The predicted molar refractivity (Wildman–Crippen MR) is 309 cm³/mol. The average molecular weight is 971 g/mol. The lowest BCUT2D eigenvalue weighted by atomic mass is 10.0. The van der Waals surface area contributed by atoms with E-state index in [1.807, 2.05) is 6.08 Å². The van der Waals surface area contributed by atoms with Gasteiger partial charge in [-0.15, -0.1) is 0 Å². The van der Waals surface area contributed by atoms with Crippen LogP contribution in [0.25, 0.3) is 0 Å². The summed E-state index contributed by atoms with van der Waals surface area (Å²) in [7, 11) is 0. The normalized spacial score (nSPS) is 12.8. The van der Waals surface area contributed by atoms with E-state index >= 15 is 0 Å². The van der Waals surface area contributed by atoms with Crippen molar-refractivity contribution in [2.75, 3.05) is 6.61 Å². The second-order valence-electron chi connectivity index (χ2n) is 22.2. The molecule has 0 spiro atoms. The molecule has 410 valence electrons. The molecule has 4 heteroatoms. The molecule has 2 unspecified atom stereocenters. The zero-order valence-corrected chi connectivity index (χ0v) is 47.4. The van der Waals surface area contributed by atoms with Gasteiger partial charge in [-0.3, -0.25) is 4.79 Å². The highest BCUT2D eigenvalue weighted by atomic mass is 16.3. The number of hydrogen-bond donors (Lipinski definition) is 3. The van der Waals surface area contributed by atoms with Crippen LogP contribution in [0.1, 0.15) is 367 Å². The summed E-state index contributed by atoms with van der Waals surface area (Å²) >= 11 is 0. The molecule has 0 radical (unpaired) electrons. The lowest BCUT2D eigenvalue weighted by molar-refractivity contribution is -0.123. The molecule has 0 bridgehead atoms. The van der Waals surface area contributed by atoms with Gasteiger partial charge in [0, 0.05) is 6.42 Å². The van der Waals surface area contributed by atoms with Gasteiger partial charge in [0.05, 0.1) is 18.8 Å². The quantitative estimate of drug-likeness (QED) is 0.0420. The number of amides is 1. The van der Waals surface area contributed by atoms with Gasteiger partial charge in [0.1, 0.15) is 0 Å². The van der Waals surface area contributed by atoms with Crippen LogP contribution < -0.4 is 5.32 Å². The van der Waals surface area contributed by atoms with Gasteiger partial charge < -0.3 is 15.5 Å². The zero-order valence-electron chi connectivity index (χ0n) is 47.4. The van der Waals surface area contributed by atoms with Gasteiger partial charge in [0.2, 0.25) is 5.91 Å². The summed E-state index contributed by atoms with van der Waals surface area (Å²) < 4.78 is 0. The van der Waals surface area contributed by atoms with Crippen molar-refractivity contribution >= 4 is 5.91 Å². The molecule has 0 rings (SSSR count). The average Bonchev–Trinajstić information content (AvgIpc) is 3.35. The molecule has 0 aromatic carbocycles. The molecule has 0 aromatic heterocycles. The summed E-state index contributed by atoms with van der Waals surface area (Å²) in [5.74, 6) is -0.0649. The van der Waals surface area contributed by atoms with Gasteiger partial charge in [0.25, 0.3) is 0 Å². The van der Waals surface area contributed by atoms with Gasteiger partial charge >= 0.3 is 0 Å². The van der Waals surface area contributed by atoms with Crippen LogP contribution in [0, 0.1) is 0 Å². The number of carbonyl (C=O) groups excluding carboxylic acids is 1. The largest absolute Gasteiger partial charge is 0.394 e. The fourth-order valence-corrected chi connectivity index (χ4v) is 10.3. The van der Waals surface area contributed by atoms with Gasteiger partial charge in [-0.2, -0.15) is 0 Å². The number of nitrogens with one attached hydrogen (secondary N) is 1. The number of unbranched alkanes of at least 4 members (excludes halogenated alkanes) is 51. The molecule has 0 aliphatic rings. The topological polar surface area (TPSA) is 69.6 Å². The molecule has 69 heavy (non-hydrogen) atoms. The first-order valence-corrected chi connectivity index (χ1v) is 32.1. The number of carbonyl (C=O) groups is 1. The monoisotopic (exact) mass is 970 g/mol. The van der Waals surface area contributed by atoms with Crippen molar-refractivity contribution in [3.8, 4) is 0 Å². The second kappa shape index (κ2) is 61.2. The van der Waals surface area contributed by atoms with Crippen LogP contribution >= 0.6 is 0 Å². The van der Waals surface area contributed by atoms with Crippen LogP contribution in [0.3, 0.4) is 0 Å². The molecular formula is C65H127NO3. The molecule has 1 amide bonds. The second-order valence-corrected chi connectivity index (χ2v) is 22.2. The van der Waals surface area contributed by atoms with E-state index in [0.29, 0.717) is 6.42 Å². The maximum absolute atomic E-state index is 12.5. The highest BCUT2D eigenvalue weighted by molar-refractivity contribution is 5.76. The van der Waals surface area contributed by atoms with E-state index in [0.717, 1.165) is 32.1 Å². The maximum atomic E-state index is 12.5. The highest BCUT2D eigenvalue weighted by Gasteiger charge is 2.18. The summed E-state index contributed by atoms with van der Waals surface area (Å²) in [5.41, 5.74) is 0. The smallest absolute Gasteiger partial charge is 0.220 e. The molecule has 0 aliphatic carbocycles. The molecular weight excluding hydrogens is 843 g/mol. The molecule has 0 heterocycles. The number of aliphatic hydroxyl groups excluding tert-OH is 2. The molecule has 0 saturated heterocycles. The third kappa shape index (κ3) is 57.6. The third-order valence-corrected chi connectivity index (χ3v) is 15.2. The number of aliphatic hydroxyl groups is 2. The van der Waals surface area contributed by atoms with Crippen LogP contribution in [0.4, 0.5) is 0 Å². The van der Waals surface area contributed by atoms with Crippen molar-refractivity contribution in [1.29, 1.82) is 0 Å². The first-order chi connectivity index (χ1) is 34.2. The van der Waals surface area contributed by atoms with Crippen molar-refractivity contribution in [3.63, 3.8) is 0 Å². The Kier molecular flexibility index (Phi) is 60.2. The van der Waals surface area contributed by atoms with Gasteiger partial charge in [-0.25, -0.2) is 0 Å². The van der Waals surface area contributed by atoms with E-state index < -0.39 is 12.1 Å². The lowest BCUT2D eigenvalue weighted by Crippen LogP contribution is -2.45. The fourth-order valence-electron chi connectivity index (χ4n) is 10.3. The summed E-state index contributed by atoms with van der Waals surface area (Å²) in [6.45, 7) is 4.35. The molecule has 0 aromatic rings. The van der Waals surface area contributed by atoms with Crippen LogP contribution in [0.15, 0.2) is 24.3 Å². The van der Waals surface area contributed by atoms with Crippen molar-refractivity contribution in [1.82, 2.24) is 5.32 Å². The maximum Gasteiger partial charge on any atom is 0.220 e.